The Balaban J connectivity index is 2.19. The summed E-state index contributed by atoms with van der Waals surface area (Å²) in [6, 6.07) is 0. The van der Waals surface area contributed by atoms with Crippen molar-refractivity contribution in [2.24, 2.45) is 5.92 Å². The van der Waals surface area contributed by atoms with E-state index in [1.54, 1.807) is 16.1 Å². The highest BCUT2D eigenvalue weighted by Gasteiger charge is 2.07. The number of aromatic nitrogens is 4. The fourth-order valence-electron chi connectivity index (χ4n) is 1.47. The summed E-state index contributed by atoms with van der Waals surface area (Å²) in [5, 5.41) is 5.94. The first-order valence-electron chi connectivity index (χ1n) is 5.17. The summed E-state index contributed by atoms with van der Waals surface area (Å²) < 4.78 is 3.50. The van der Waals surface area contributed by atoms with E-state index in [-0.39, 0.29) is 4.87 Å². The SMILES string of the molecule is CC(C)Cn1ncnc1Cn1ccsc1=O. The van der Waals surface area contributed by atoms with E-state index in [0.29, 0.717) is 12.5 Å². The molecule has 2 heterocycles. The molecule has 0 aliphatic heterocycles. The van der Waals surface area contributed by atoms with Gasteiger partial charge in [-0.3, -0.25) is 9.36 Å². The van der Waals surface area contributed by atoms with Crippen LogP contribution in [0.4, 0.5) is 0 Å². The molecule has 0 spiro atoms. The number of hydrogen-bond donors (Lipinski definition) is 0. The zero-order chi connectivity index (χ0) is 11.5. The third-order valence-corrected chi connectivity index (χ3v) is 2.88. The molecule has 0 aromatic carbocycles. The summed E-state index contributed by atoms with van der Waals surface area (Å²) in [5.74, 6) is 1.34. The fraction of sp³-hybridized carbons (Fsp3) is 0.500. The van der Waals surface area contributed by atoms with Gasteiger partial charge in [0.05, 0.1) is 6.54 Å². The van der Waals surface area contributed by atoms with Crippen LogP contribution in [0.2, 0.25) is 0 Å². The van der Waals surface area contributed by atoms with Crippen LogP contribution in [0, 0.1) is 5.92 Å². The van der Waals surface area contributed by atoms with Crippen molar-refractivity contribution in [3.05, 3.63) is 33.4 Å². The molecule has 0 amide bonds. The van der Waals surface area contributed by atoms with Crippen molar-refractivity contribution in [3.8, 4) is 0 Å². The molecule has 16 heavy (non-hydrogen) atoms. The molecule has 0 N–H and O–H groups in total. The van der Waals surface area contributed by atoms with Crippen LogP contribution in [-0.4, -0.2) is 19.3 Å². The van der Waals surface area contributed by atoms with Gasteiger partial charge >= 0.3 is 4.87 Å². The van der Waals surface area contributed by atoms with Gasteiger partial charge in [-0.25, -0.2) is 9.67 Å². The summed E-state index contributed by atoms with van der Waals surface area (Å²) in [6.45, 7) is 5.58. The molecule has 6 heteroatoms. The van der Waals surface area contributed by atoms with Gasteiger partial charge in [-0.15, -0.1) is 0 Å². The quantitative estimate of drug-likeness (QED) is 0.804. The predicted molar refractivity (Wildman–Crippen MR) is 62.5 cm³/mol. The molecule has 2 aromatic rings. The summed E-state index contributed by atoms with van der Waals surface area (Å²) in [7, 11) is 0. The Morgan fingerprint density at radius 2 is 2.31 bits per heavy atom. The van der Waals surface area contributed by atoms with Gasteiger partial charge in [0.25, 0.3) is 0 Å². The van der Waals surface area contributed by atoms with Crippen LogP contribution in [0.3, 0.4) is 0 Å². The highest BCUT2D eigenvalue weighted by atomic mass is 32.1. The molecule has 0 atom stereocenters. The summed E-state index contributed by atoms with van der Waals surface area (Å²) in [6.07, 6.45) is 3.32. The predicted octanol–water partition coefficient (Wildman–Crippen LogP) is 1.21. The molecular formula is C10H14N4OS. The Hall–Kier alpha value is -1.43. The van der Waals surface area contributed by atoms with Gasteiger partial charge in [-0.2, -0.15) is 5.10 Å². The third kappa shape index (κ3) is 2.38. The molecule has 0 unspecified atom stereocenters. The zero-order valence-corrected chi connectivity index (χ0v) is 10.1. The molecule has 0 aliphatic carbocycles. The van der Waals surface area contributed by atoms with E-state index < -0.39 is 0 Å². The average Bonchev–Trinajstić information content (AvgIpc) is 2.78. The molecule has 0 saturated carbocycles. The minimum atomic E-state index is 0.0408. The van der Waals surface area contributed by atoms with Gasteiger partial charge in [-0.05, 0) is 5.92 Å². The first kappa shape index (κ1) is 11.1. The van der Waals surface area contributed by atoms with E-state index in [2.05, 4.69) is 23.9 Å². The fourth-order valence-corrected chi connectivity index (χ4v) is 2.05. The third-order valence-electron chi connectivity index (χ3n) is 2.19. The topological polar surface area (TPSA) is 52.7 Å². The molecular weight excluding hydrogens is 224 g/mol. The first-order valence-corrected chi connectivity index (χ1v) is 6.05. The van der Waals surface area contributed by atoms with E-state index >= 15 is 0 Å². The maximum Gasteiger partial charge on any atom is 0.307 e. The Labute approximate surface area is 97.4 Å². The molecule has 5 nitrogen and oxygen atoms in total. The number of nitrogens with zero attached hydrogens (tertiary/aromatic N) is 4. The van der Waals surface area contributed by atoms with Crippen molar-refractivity contribution in [3.63, 3.8) is 0 Å². The van der Waals surface area contributed by atoms with Gasteiger partial charge in [0, 0.05) is 18.1 Å². The van der Waals surface area contributed by atoms with E-state index in [1.807, 2.05) is 4.68 Å². The standard InChI is InChI=1S/C10H14N4OS/c1-8(2)5-14-9(11-7-12-14)6-13-3-4-16-10(13)15/h3-4,7-8H,5-6H2,1-2H3. The molecule has 86 valence electrons. The van der Waals surface area contributed by atoms with Crippen LogP contribution in [-0.2, 0) is 13.1 Å². The van der Waals surface area contributed by atoms with Crippen LogP contribution in [0.1, 0.15) is 19.7 Å². The Bertz CT molecular complexity index is 511. The smallest absolute Gasteiger partial charge is 0.298 e. The van der Waals surface area contributed by atoms with Gasteiger partial charge in [0.2, 0.25) is 0 Å². The molecule has 0 saturated heterocycles. The van der Waals surface area contributed by atoms with Crippen LogP contribution in [0.25, 0.3) is 0 Å². The highest BCUT2D eigenvalue weighted by molar-refractivity contribution is 7.07. The second kappa shape index (κ2) is 4.61. The molecule has 0 radical (unpaired) electrons. The van der Waals surface area contributed by atoms with Crippen molar-refractivity contribution in [1.29, 1.82) is 0 Å². The van der Waals surface area contributed by atoms with Crippen molar-refractivity contribution in [2.75, 3.05) is 0 Å². The first-order chi connectivity index (χ1) is 7.66. The number of hydrogen-bond acceptors (Lipinski definition) is 4. The minimum absolute atomic E-state index is 0.0408. The lowest BCUT2D eigenvalue weighted by molar-refractivity contribution is 0.460. The lowest BCUT2D eigenvalue weighted by Gasteiger charge is -2.08. The van der Waals surface area contributed by atoms with Gasteiger partial charge in [-0.1, -0.05) is 25.2 Å². The van der Waals surface area contributed by atoms with Gasteiger partial charge in [0.15, 0.2) is 0 Å². The molecule has 2 rings (SSSR count). The van der Waals surface area contributed by atoms with E-state index in [4.69, 9.17) is 0 Å². The Morgan fingerprint density at radius 3 is 2.94 bits per heavy atom. The molecule has 0 fully saturated rings. The van der Waals surface area contributed by atoms with Crippen molar-refractivity contribution in [1.82, 2.24) is 19.3 Å². The van der Waals surface area contributed by atoms with Crippen LogP contribution in [0.15, 0.2) is 22.7 Å². The van der Waals surface area contributed by atoms with Gasteiger partial charge in [0.1, 0.15) is 12.2 Å². The van der Waals surface area contributed by atoms with Crippen molar-refractivity contribution in [2.45, 2.75) is 26.9 Å². The summed E-state index contributed by atoms with van der Waals surface area (Å²) in [5.41, 5.74) is 0. The maximum atomic E-state index is 11.4. The van der Waals surface area contributed by atoms with E-state index in [1.165, 1.54) is 17.7 Å². The Morgan fingerprint density at radius 1 is 1.50 bits per heavy atom. The zero-order valence-electron chi connectivity index (χ0n) is 9.33. The largest absolute Gasteiger partial charge is 0.307 e. The number of rotatable bonds is 4. The number of thiazole rings is 1. The second-order valence-corrected chi connectivity index (χ2v) is 4.91. The maximum absolute atomic E-state index is 11.4. The molecule has 0 bridgehead atoms. The van der Waals surface area contributed by atoms with Crippen molar-refractivity contribution >= 4 is 11.3 Å². The normalized spacial score (nSPS) is 11.2. The lowest BCUT2D eigenvalue weighted by atomic mass is 10.2. The van der Waals surface area contributed by atoms with E-state index in [9.17, 15) is 4.79 Å². The molecule has 2 aromatic heterocycles. The minimum Gasteiger partial charge on any atom is -0.298 e. The van der Waals surface area contributed by atoms with Crippen LogP contribution >= 0.6 is 11.3 Å². The Kier molecular flexibility index (Phi) is 3.19. The summed E-state index contributed by atoms with van der Waals surface area (Å²) in [4.78, 5) is 15.6. The second-order valence-electron chi connectivity index (χ2n) is 4.05. The van der Waals surface area contributed by atoms with E-state index in [0.717, 1.165) is 12.4 Å². The highest BCUT2D eigenvalue weighted by Crippen LogP contribution is 2.03. The van der Waals surface area contributed by atoms with Gasteiger partial charge < -0.3 is 0 Å². The summed E-state index contributed by atoms with van der Waals surface area (Å²) >= 11 is 1.20. The molecule has 0 aliphatic rings. The average molecular weight is 238 g/mol. The van der Waals surface area contributed by atoms with Crippen LogP contribution in [0.5, 0.6) is 0 Å². The van der Waals surface area contributed by atoms with Crippen molar-refractivity contribution < 1.29 is 0 Å². The van der Waals surface area contributed by atoms with Crippen LogP contribution < -0.4 is 4.87 Å². The lowest BCUT2D eigenvalue weighted by Crippen LogP contribution is -2.18. The monoisotopic (exact) mass is 238 g/mol.